The second-order valence-corrected chi connectivity index (χ2v) is 8.52. The third kappa shape index (κ3) is 5.46. The van der Waals surface area contributed by atoms with Crippen LogP contribution in [-0.2, 0) is 4.74 Å². The average Bonchev–Trinajstić information content (AvgIpc) is 3.20. The fourth-order valence-electron chi connectivity index (χ4n) is 3.70. The fourth-order valence-corrected chi connectivity index (χ4v) is 3.70. The summed E-state index contributed by atoms with van der Waals surface area (Å²) in [6.45, 7) is 7.58. The van der Waals surface area contributed by atoms with Gasteiger partial charge in [0.2, 0.25) is 0 Å². The summed E-state index contributed by atoms with van der Waals surface area (Å²) in [6.07, 6.45) is -0.0909. The largest absolute Gasteiger partial charge is 0.491 e. The Labute approximate surface area is 188 Å². The predicted octanol–water partition coefficient (Wildman–Crippen LogP) is 2.67. The summed E-state index contributed by atoms with van der Waals surface area (Å²) in [5.74, 6) is 0.633. The average molecular weight is 445 g/mol. The van der Waals surface area contributed by atoms with Crippen molar-refractivity contribution in [1.82, 2.24) is 15.0 Å². The van der Waals surface area contributed by atoms with E-state index in [2.05, 4.69) is 36.3 Å². The number of likely N-dealkylation sites (N-methyl/N-ethyl adjacent to an activating group) is 2. The Morgan fingerprint density at radius 3 is 2.62 bits per heavy atom. The highest BCUT2D eigenvalue weighted by molar-refractivity contribution is 6.03. The van der Waals surface area contributed by atoms with E-state index >= 15 is 0 Å². The van der Waals surface area contributed by atoms with Gasteiger partial charge in [0.15, 0.2) is 5.69 Å². The molecule has 0 unspecified atom stereocenters. The van der Waals surface area contributed by atoms with Crippen LogP contribution in [0.4, 0.5) is 5.69 Å². The van der Waals surface area contributed by atoms with Gasteiger partial charge in [-0.1, -0.05) is 12.1 Å². The molecule has 3 atom stereocenters. The first kappa shape index (κ1) is 23.7. The van der Waals surface area contributed by atoms with Crippen LogP contribution in [0.2, 0.25) is 0 Å². The van der Waals surface area contributed by atoms with Crippen LogP contribution in [0.5, 0.6) is 5.75 Å². The van der Waals surface area contributed by atoms with Gasteiger partial charge in [-0.2, -0.15) is 0 Å². The maximum atomic E-state index is 13.2. The lowest BCUT2D eigenvalue weighted by molar-refractivity contribution is 0.0150. The van der Waals surface area contributed by atoms with Gasteiger partial charge in [0, 0.05) is 51.1 Å². The van der Waals surface area contributed by atoms with Crippen LogP contribution in [0.1, 0.15) is 40.5 Å². The van der Waals surface area contributed by atoms with Crippen LogP contribution in [0.3, 0.4) is 0 Å². The summed E-state index contributed by atoms with van der Waals surface area (Å²) in [6, 6.07) is 6.69. The van der Waals surface area contributed by atoms with E-state index in [4.69, 9.17) is 14.0 Å². The molecule has 0 fully saturated rings. The lowest BCUT2D eigenvalue weighted by Crippen LogP contribution is -2.45. The van der Waals surface area contributed by atoms with Crippen molar-refractivity contribution in [3.8, 4) is 5.75 Å². The number of hydrogen-bond acceptors (Lipinski definition) is 7. The number of carbonyl (C=O) groups is 2. The minimum Gasteiger partial charge on any atom is -0.491 e. The molecule has 0 bridgehead atoms. The fraction of sp³-hybridized carbons (Fsp3) is 0.522. The molecule has 0 spiro atoms. The van der Waals surface area contributed by atoms with Gasteiger partial charge in [0.05, 0.1) is 11.7 Å². The number of benzene rings is 1. The van der Waals surface area contributed by atoms with Gasteiger partial charge < -0.3 is 24.2 Å². The van der Waals surface area contributed by atoms with Gasteiger partial charge in [-0.3, -0.25) is 14.5 Å². The molecule has 0 saturated heterocycles. The van der Waals surface area contributed by atoms with Gasteiger partial charge in [-0.25, -0.2) is 0 Å². The Balaban J connectivity index is 1.89. The summed E-state index contributed by atoms with van der Waals surface area (Å²) in [4.78, 5) is 29.5. The maximum Gasteiger partial charge on any atom is 0.277 e. The number of nitrogens with one attached hydrogen (secondary N) is 1. The number of aryl methyl sites for hydroxylation is 1. The second kappa shape index (κ2) is 10.1. The normalized spacial score (nSPS) is 23.0. The molecular formula is C23H32N4O5. The van der Waals surface area contributed by atoms with Crippen molar-refractivity contribution in [3.63, 3.8) is 0 Å². The van der Waals surface area contributed by atoms with E-state index in [1.165, 1.54) is 0 Å². The Morgan fingerprint density at radius 2 is 1.97 bits per heavy atom. The molecule has 1 aromatic heterocycles. The number of nitrogens with zero attached hydrogens (tertiary/aromatic N) is 3. The molecule has 174 valence electrons. The van der Waals surface area contributed by atoms with Crippen molar-refractivity contribution in [2.75, 3.05) is 46.2 Å². The monoisotopic (exact) mass is 444 g/mol. The first-order valence-electron chi connectivity index (χ1n) is 10.7. The molecule has 1 aliphatic rings. The molecule has 2 heterocycles. The lowest BCUT2D eigenvalue weighted by atomic mass is 10.0. The molecule has 9 nitrogen and oxygen atoms in total. The number of methoxy groups -OCH3 is 1. The number of ether oxygens (including phenoxy) is 2. The molecule has 0 saturated carbocycles. The maximum absolute atomic E-state index is 13.2. The summed E-state index contributed by atoms with van der Waals surface area (Å²) in [5, 5.41) is 6.51. The third-order valence-corrected chi connectivity index (χ3v) is 5.88. The van der Waals surface area contributed by atoms with E-state index in [1.54, 1.807) is 50.2 Å². The molecular weight excluding hydrogens is 412 g/mol. The zero-order valence-electron chi connectivity index (χ0n) is 19.5. The van der Waals surface area contributed by atoms with Crippen molar-refractivity contribution in [1.29, 1.82) is 0 Å². The van der Waals surface area contributed by atoms with Crippen molar-refractivity contribution in [3.05, 3.63) is 41.3 Å². The molecule has 0 aliphatic carbocycles. The van der Waals surface area contributed by atoms with Crippen molar-refractivity contribution < 1.29 is 23.6 Å². The van der Waals surface area contributed by atoms with Crippen LogP contribution < -0.4 is 10.1 Å². The zero-order valence-corrected chi connectivity index (χ0v) is 19.5. The Bertz CT molecular complexity index is 960. The van der Waals surface area contributed by atoms with E-state index in [0.29, 0.717) is 35.9 Å². The van der Waals surface area contributed by atoms with Gasteiger partial charge in [0.25, 0.3) is 11.8 Å². The topological polar surface area (TPSA) is 97.1 Å². The van der Waals surface area contributed by atoms with Gasteiger partial charge in [0.1, 0.15) is 18.1 Å². The highest BCUT2D eigenvalue weighted by Crippen LogP contribution is 2.27. The number of amides is 2. The van der Waals surface area contributed by atoms with Crippen molar-refractivity contribution >= 4 is 17.5 Å². The number of anilines is 1. The molecule has 1 aromatic carbocycles. The molecule has 2 amide bonds. The Morgan fingerprint density at radius 1 is 1.22 bits per heavy atom. The first-order valence-corrected chi connectivity index (χ1v) is 10.7. The van der Waals surface area contributed by atoms with Gasteiger partial charge in [-0.15, -0.1) is 0 Å². The lowest BCUT2D eigenvalue weighted by Gasteiger charge is -2.34. The number of hydrogen-bond donors (Lipinski definition) is 1. The van der Waals surface area contributed by atoms with Crippen LogP contribution >= 0.6 is 0 Å². The smallest absolute Gasteiger partial charge is 0.277 e. The Kier molecular flexibility index (Phi) is 7.52. The Hall–Kier alpha value is -2.91. The predicted molar refractivity (Wildman–Crippen MR) is 120 cm³/mol. The summed E-state index contributed by atoms with van der Waals surface area (Å²) < 4.78 is 16.7. The standard InChI is InChI=1S/C23H32N4O5/c1-14-11-26(4)15(2)13-31-20-10-17(24-22(28)19-9-16(3)32-25-19)7-8-18(20)23(29)27(5)12-21(14)30-6/h7-10,14-15,21H,11-13H2,1-6H3,(H,24,28)/t14-,15+,21+/m0/s1. The summed E-state index contributed by atoms with van der Waals surface area (Å²) in [5.41, 5.74) is 1.11. The number of carbonyl (C=O) groups excluding carboxylic acids is 2. The molecule has 9 heteroatoms. The minimum atomic E-state index is -0.400. The SMILES string of the molecule is CO[C@@H]1CN(C)C(=O)c2ccc(NC(=O)c3cc(C)on3)cc2OC[C@@H](C)N(C)C[C@@H]1C. The van der Waals surface area contributed by atoms with Crippen LogP contribution in [0, 0.1) is 12.8 Å². The number of rotatable bonds is 3. The van der Waals surface area contributed by atoms with Crippen molar-refractivity contribution in [2.45, 2.75) is 32.9 Å². The summed E-state index contributed by atoms with van der Waals surface area (Å²) in [7, 11) is 5.48. The second-order valence-electron chi connectivity index (χ2n) is 8.52. The van der Waals surface area contributed by atoms with Crippen LogP contribution in [0.25, 0.3) is 0 Å². The zero-order chi connectivity index (χ0) is 23.4. The van der Waals surface area contributed by atoms with E-state index in [9.17, 15) is 9.59 Å². The van der Waals surface area contributed by atoms with E-state index < -0.39 is 5.91 Å². The van der Waals surface area contributed by atoms with E-state index in [-0.39, 0.29) is 29.7 Å². The highest BCUT2D eigenvalue weighted by atomic mass is 16.5. The quantitative estimate of drug-likeness (QED) is 0.777. The number of fused-ring (bicyclic) bond motifs is 1. The molecule has 32 heavy (non-hydrogen) atoms. The first-order chi connectivity index (χ1) is 15.2. The third-order valence-electron chi connectivity index (χ3n) is 5.88. The highest BCUT2D eigenvalue weighted by Gasteiger charge is 2.27. The molecule has 2 aromatic rings. The van der Waals surface area contributed by atoms with E-state index in [1.807, 2.05) is 0 Å². The van der Waals surface area contributed by atoms with Crippen molar-refractivity contribution in [2.24, 2.45) is 5.92 Å². The summed E-state index contributed by atoms with van der Waals surface area (Å²) >= 11 is 0. The molecule has 1 aliphatic heterocycles. The van der Waals surface area contributed by atoms with Gasteiger partial charge in [-0.05, 0) is 38.9 Å². The van der Waals surface area contributed by atoms with E-state index in [0.717, 1.165) is 6.54 Å². The number of aromatic nitrogens is 1. The molecule has 1 N–H and O–H groups in total. The molecule has 0 radical (unpaired) electrons. The van der Waals surface area contributed by atoms with Gasteiger partial charge >= 0.3 is 0 Å². The van der Waals surface area contributed by atoms with Crippen LogP contribution in [-0.4, -0.2) is 79.8 Å². The molecule has 3 rings (SSSR count). The minimum absolute atomic E-state index is 0.0909. The van der Waals surface area contributed by atoms with Crippen LogP contribution in [0.15, 0.2) is 28.8 Å².